The van der Waals surface area contributed by atoms with Gasteiger partial charge in [0, 0.05) is 12.5 Å². The van der Waals surface area contributed by atoms with Crippen LogP contribution < -0.4 is 10.4 Å². The summed E-state index contributed by atoms with van der Waals surface area (Å²) in [7, 11) is -4.51. The lowest BCUT2D eigenvalue weighted by Crippen LogP contribution is -2.67. The number of rotatable bonds is 10. The van der Waals surface area contributed by atoms with E-state index in [4.69, 9.17) is 8.85 Å². The molecular formula is C30H48O2Si2. The largest absolute Gasteiger partial charge is 0.413 e. The lowest BCUT2D eigenvalue weighted by Gasteiger charge is -2.45. The zero-order chi connectivity index (χ0) is 25.8. The standard InChI is InChI=1S/C30H48O2Si2/c1-12-24(2)28(32-33(10,11)29(4,5)6)25(3)23-31-34(30(7,8)9,26-19-15-13-16-20-26)27-21-17-14-18-22-27/h12-22,24-25,28H,1,23H2,2-11H3/t24-,25-,28-/m1/s1. The van der Waals surface area contributed by atoms with Crippen molar-refractivity contribution in [1.29, 1.82) is 0 Å². The highest BCUT2D eigenvalue weighted by Gasteiger charge is 2.50. The van der Waals surface area contributed by atoms with Gasteiger partial charge in [0.05, 0.1) is 6.10 Å². The molecule has 0 N–H and O–H groups in total. The minimum absolute atomic E-state index is 0.0325. The third-order valence-corrected chi connectivity index (χ3v) is 17.1. The Bertz CT molecular complexity index is 855. The monoisotopic (exact) mass is 496 g/mol. The van der Waals surface area contributed by atoms with Gasteiger partial charge in [-0.25, -0.2) is 0 Å². The maximum absolute atomic E-state index is 7.24. The fraction of sp³-hybridized carbons (Fsp3) is 0.533. The van der Waals surface area contributed by atoms with Gasteiger partial charge in [-0.3, -0.25) is 0 Å². The van der Waals surface area contributed by atoms with E-state index in [2.05, 4.69) is 136 Å². The van der Waals surface area contributed by atoms with E-state index in [9.17, 15) is 0 Å². The molecule has 0 aliphatic rings. The first kappa shape index (κ1) is 28.8. The van der Waals surface area contributed by atoms with E-state index >= 15 is 0 Å². The van der Waals surface area contributed by atoms with Crippen molar-refractivity contribution in [3.05, 3.63) is 73.3 Å². The summed E-state index contributed by atoms with van der Waals surface area (Å²) in [6, 6.07) is 21.8. The average Bonchev–Trinajstić information content (AvgIpc) is 2.77. The SMILES string of the molecule is C=C[C@@H](C)[C@@H](O[Si](C)(C)C(C)(C)C)[C@H](C)CO[Si](c1ccccc1)(c1ccccc1)C(C)(C)C. The number of hydrogen-bond donors (Lipinski definition) is 0. The molecule has 0 radical (unpaired) electrons. The van der Waals surface area contributed by atoms with Crippen molar-refractivity contribution in [2.24, 2.45) is 11.8 Å². The van der Waals surface area contributed by atoms with Crippen LogP contribution in [0.25, 0.3) is 0 Å². The lowest BCUT2D eigenvalue weighted by molar-refractivity contribution is 0.0638. The molecule has 0 saturated carbocycles. The first-order valence-electron chi connectivity index (χ1n) is 12.7. The molecule has 2 aromatic rings. The molecule has 0 bridgehead atoms. The van der Waals surface area contributed by atoms with Crippen LogP contribution in [0.2, 0.25) is 23.2 Å². The van der Waals surface area contributed by atoms with E-state index in [1.165, 1.54) is 10.4 Å². The summed E-state index contributed by atoms with van der Waals surface area (Å²) in [6.45, 7) is 27.9. The van der Waals surface area contributed by atoms with Crippen LogP contribution >= 0.6 is 0 Å². The second kappa shape index (κ2) is 11.1. The molecule has 34 heavy (non-hydrogen) atoms. The van der Waals surface area contributed by atoms with Crippen LogP contribution in [0, 0.1) is 11.8 Å². The predicted octanol–water partition coefficient (Wildman–Crippen LogP) is 7.41. The van der Waals surface area contributed by atoms with Crippen LogP contribution in [0.5, 0.6) is 0 Å². The van der Waals surface area contributed by atoms with Gasteiger partial charge in [-0.05, 0) is 39.5 Å². The van der Waals surface area contributed by atoms with E-state index in [0.29, 0.717) is 6.61 Å². The summed E-state index contributed by atoms with van der Waals surface area (Å²) in [6.07, 6.45) is 2.12. The molecule has 0 heterocycles. The van der Waals surface area contributed by atoms with E-state index < -0.39 is 16.6 Å². The predicted molar refractivity (Wildman–Crippen MR) is 154 cm³/mol. The van der Waals surface area contributed by atoms with Crippen LogP contribution in [0.15, 0.2) is 73.3 Å². The fourth-order valence-electron chi connectivity index (χ4n) is 4.51. The molecule has 3 atom stereocenters. The minimum atomic E-state index is -2.57. The van der Waals surface area contributed by atoms with Crippen molar-refractivity contribution in [2.75, 3.05) is 6.61 Å². The zero-order valence-corrected chi connectivity index (χ0v) is 25.3. The average molecular weight is 497 g/mol. The molecule has 2 nitrogen and oxygen atoms in total. The van der Waals surface area contributed by atoms with Gasteiger partial charge >= 0.3 is 0 Å². The smallest absolute Gasteiger partial charge is 0.261 e. The van der Waals surface area contributed by atoms with Gasteiger partial charge in [0.15, 0.2) is 8.32 Å². The molecule has 0 aliphatic carbocycles. The molecule has 0 aromatic heterocycles. The van der Waals surface area contributed by atoms with Crippen molar-refractivity contribution in [3.8, 4) is 0 Å². The van der Waals surface area contributed by atoms with Crippen LogP contribution in [0.4, 0.5) is 0 Å². The van der Waals surface area contributed by atoms with Crippen molar-refractivity contribution in [2.45, 2.75) is 84.7 Å². The van der Waals surface area contributed by atoms with Gasteiger partial charge in [0.2, 0.25) is 0 Å². The Hall–Kier alpha value is -1.47. The second-order valence-corrected chi connectivity index (χ2v) is 21.5. The molecule has 2 rings (SSSR count). The van der Waals surface area contributed by atoms with Crippen molar-refractivity contribution in [3.63, 3.8) is 0 Å². The molecule has 2 aromatic carbocycles. The normalized spacial score (nSPS) is 16.1. The maximum atomic E-state index is 7.24. The Kier molecular flexibility index (Phi) is 9.37. The number of hydrogen-bond acceptors (Lipinski definition) is 2. The second-order valence-electron chi connectivity index (χ2n) is 12.4. The van der Waals surface area contributed by atoms with Crippen molar-refractivity contribution >= 4 is 27.0 Å². The highest BCUT2D eigenvalue weighted by Crippen LogP contribution is 2.40. The van der Waals surface area contributed by atoms with Crippen LogP contribution in [0.3, 0.4) is 0 Å². The Morgan fingerprint density at radius 3 is 1.59 bits per heavy atom. The van der Waals surface area contributed by atoms with E-state index in [-0.39, 0.29) is 28.0 Å². The Morgan fingerprint density at radius 2 is 1.24 bits per heavy atom. The third-order valence-electron chi connectivity index (χ3n) is 7.67. The zero-order valence-electron chi connectivity index (χ0n) is 23.3. The van der Waals surface area contributed by atoms with Gasteiger partial charge in [-0.2, -0.15) is 0 Å². The summed E-state index contributed by atoms with van der Waals surface area (Å²) in [5, 5.41) is 2.76. The summed E-state index contributed by atoms with van der Waals surface area (Å²) in [5.41, 5.74) is 0. The molecule has 0 fully saturated rings. The summed E-state index contributed by atoms with van der Waals surface area (Å²) in [4.78, 5) is 0. The molecule has 0 spiro atoms. The van der Waals surface area contributed by atoms with Crippen molar-refractivity contribution < 1.29 is 8.85 Å². The number of benzene rings is 2. The quantitative estimate of drug-likeness (QED) is 0.252. The summed E-state index contributed by atoms with van der Waals surface area (Å²) in [5.74, 6) is 0.496. The fourth-order valence-corrected chi connectivity index (χ4v) is 10.7. The Morgan fingerprint density at radius 1 is 0.794 bits per heavy atom. The Balaban J connectivity index is 2.48. The van der Waals surface area contributed by atoms with Gasteiger partial charge in [0.25, 0.3) is 8.32 Å². The van der Waals surface area contributed by atoms with Gasteiger partial charge < -0.3 is 8.85 Å². The van der Waals surface area contributed by atoms with Gasteiger partial charge in [-0.15, -0.1) is 6.58 Å². The van der Waals surface area contributed by atoms with E-state index in [1.807, 2.05) is 6.08 Å². The summed E-state index contributed by atoms with van der Waals surface area (Å²) < 4.78 is 14.2. The Labute approximate surface area is 212 Å². The summed E-state index contributed by atoms with van der Waals surface area (Å²) >= 11 is 0. The van der Waals surface area contributed by atoms with Gasteiger partial charge in [0.1, 0.15) is 0 Å². The highest BCUT2D eigenvalue weighted by molar-refractivity contribution is 6.99. The maximum Gasteiger partial charge on any atom is 0.261 e. The molecule has 0 unspecified atom stereocenters. The highest BCUT2D eigenvalue weighted by atomic mass is 28.4. The van der Waals surface area contributed by atoms with E-state index in [1.54, 1.807) is 0 Å². The molecule has 4 heteroatoms. The van der Waals surface area contributed by atoms with Crippen LogP contribution in [-0.4, -0.2) is 29.3 Å². The van der Waals surface area contributed by atoms with Gasteiger partial charge in [-0.1, -0.05) is 122 Å². The first-order valence-corrected chi connectivity index (χ1v) is 17.5. The van der Waals surface area contributed by atoms with Crippen LogP contribution in [0.1, 0.15) is 55.4 Å². The topological polar surface area (TPSA) is 18.5 Å². The molecule has 0 amide bonds. The minimum Gasteiger partial charge on any atom is -0.413 e. The van der Waals surface area contributed by atoms with Crippen molar-refractivity contribution in [1.82, 2.24) is 0 Å². The molecule has 188 valence electrons. The first-order chi connectivity index (χ1) is 15.7. The van der Waals surface area contributed by atoms with Crippen LogP contribution in [-0.2, 0) is 8.85 Å². The lowest BCUT2D eigenvalue weighted by atomic mass is 9.94. The molecule has 0 saturated heterocycles. The third kappa shape index (κ3) is 6.20. The molecule has 0 aliphatic heterocycles. The van der Waals surface area contributed by atoms with E-state index in [0.717, 1.165) is 0 Å². The molecular weight excluding hydrogens is 449 g/mol.